The number of rotatable bonds is 3. The van der Waals surface area contributed by atoms with Crippen molar-refractivity contribution >= 4 is 56.1 Å². The minimum Gasteiger partial charge on any atom is -0.378 e. The van der Waals surface area contributed by atoms with Crippen LogP contribution < -0.4 is 4.90 Å². The second-order valence-electron chi connectivity index (χ2n) is 5.88. The summed E-state index contributed by atoms with van der Waals surface area (Å²) < 4.78 is 13.2. The van der Waals surface area contributed by atoms with Crippen molar-refractivity contribution in [3.05, 3.63) is 21.9 Å². The molecule has 0 bridgehead atoms. The summed E-state index contributed by atoms with van der Waals surface area (Å²) in [6.45, 7) is 7.06. The smallest absolute Gasteiger partial charge is 0.359 e. The number of thiophene rings is 1. The fourth-order valence-corrected chi connectivity index (χ4v) is 6.27. The van der Waals surface area contributed by atoms with Crippen LogP contribution >= 0.6 is 34.9 Å². The molecule has 0 aliphatic carbocycles. The van der Waals surface area contributed by atoms with Gasteiger partial charge in [-0.05, 0) is 23.4 Å². The third-order valence-corrected chi connectivity index (χ3v) is 7.69. The molecule has 5 nitrogen and oxygen atoms in total. The lowest BCUT2D eigenvalue weighted by molar-refractivity contribution is -0.547. The first-order chi connectivity index (χ1) is 12.3. The molecule has 4 heterocycles. The highest BCUT2D eigenvalue weighted by Crippen LogP contribution is 2.41. The third kappa shape index (κ3) is 3.98. The number of aliphatic imine (C=N–C) groups is 1. The van der Waals surface area contributed by atoms with Crippen LogP contribution in [-0.2, 0) is 9.47 Å². The molecule has 0 N–H and O–H groups in total. The van der Waals surface area contributed by atoms with Gasteiger partial charge in [-0.25, -0.2) is 4.58 Å². The summed E-state index contributed by atoms with van der Waals surface area (Å²) >= 11 is 5.46. The molecule has 0 unspecified atom stereocenters. The van der Waals surface area contributed by atoms with E-state index in [2.05, 4.69) is 32.9 Å². The van der Waals surface area contributed by atoms with Gasteiger partial charge >= 0.3 is 5.17 Å². The highest BCUT2D eigenvalue weighted by molar-refractivity contribution is 8.19. The van der Waals surface area contributed by atoms with Crippen molar-refractivity contribution < 1.29 is 14.0 Å². The van der Waals surface area contributed by atoms with Crippen molar-refractivity contribution in [2.75, 3.05) is 63.8 Å². The molecule has 8 heteroatoms. The predicted octanol–water partition coefficient (Wildman–Crippen LogP) is 2.83. The van der Waals surface area contributed by atoms with E-state index in [0.717, 1.165) is 57.8 Å². The first kappa shape index (κ1) is 17.6. The minimum atomic E-state index is 0.793. The molecule has 3 aliphatic heterocycles. The first-order valence-electron chi connectivity index (χ1n) is 8.48. The number of hydrogen-bond donors (Lipinski definition) is 0. The maximum Gasteiger partial charge on any atom is 0.359 e. The second-order valence-corrected chi connectivity index (χ2v) is 8.76. The van der Waals surface area contributed by atoms with Crippen LogP contribution in [0.4, 0.5) is 5.00 Å². The molecule has 0 atom stereocenters. The summed E-state index contributed by atoms with van der Waals surface area (Å²) in [7, 11) is 0. The zero-order valence-corrected chi connectivity index (χ0v) is 16.7. The summed E-state index contributed by atoms with van der Waals surface area (Å²) in [5.41, 5.74) is 0. The van der Waals surface area contributed by atoms with Gasteiger partial charge in [0.05, 0.1) is 36.3 Å². The first-order valence-corrected chi connectivity index (χ1v) is 11.3. The Kier molecular flexibility index (Phi) is 5.82. The molecule has 3 aliphatic rings. The van der Waals surface area contributed by atoms with Gasteiger partial charge in [-0.15, -0.1) is 23.1 Å². The summed E-state index contributed by atoms with van der Waals surface area (Å²) in [5.74, 6) is 0. The Morgan fingerprint density at radius 2 is 1.92 bits per heavy atom. The van der Waals surface area contributed by atoms with E-state index in [0.29, 0.717) is 0 Å². The van der Waals surface area contributed by atoms with E-state index in [-0.39, 0.29) is 0 Å². The number of ether oxygens (including phenoxy) is 2. The Balaban J connectivity index is 1.55. The lowest BCUT2D eigenvalue weighted by Gasteiger charge is -2.27. The number of amidine groups is 1. The van der Waals surface area contributed by atoms with Crippen LogP contribution in [0.1, 0.15) is 4.88 Å². The van der Waals surface area contributed by atoms with Crippen molar-refractivity contribution in [2.24, 2.45) is 4.99 Å². The predicted molar refractivity (Wildman–Crippen MR) is 110 cm³/mol. The zero-order chi connectivity index (χ0) is 17.1. The number of thioether (sulfide) groups is 2. The average molecular weight is 397 g/mol. The van der Waals surface area contributed by atoms with E-state index in [1.807, 2.05) is 29.3 Å². The fraction of sp³-hybridized carbons (Fsp3) is 0.529. The Morgan fingerprint density at radius 3 is 2.68 bits per heavy atom. The third-order valence-electron chi connectivity index (χ3n) is 4.34. The molecule has 1 aromatic heterocycles. The maximum absolute atomic E-state index is 5.46. The lowest BCUT2D eigenvalue weighted by Crippen LogP contribution is -2.35. The number of allylic oxidation sites excluding steroid dienone is 1. The monoisotopic (exact) mass is 396 g/mol. The average Bonchev–Trinajstić information content (AvgIpc) is 3.35. The van der Waals surface area contributed by atoms with Gasteiger partial charge in [0.2, 0.25) is 0 Å². The van der Waals surface area contributed by atoms with Crippen LogP contribution in [0, 0.1) is 0 Å². The quantitative estimate of drug-likeness (QED) is 0.735. The van der Waals surface area contributed by atoms with E-state index in [1.165, 1.54) is 19.7 Å². The van der Waals surface area contributed by atoms with Gasteiger partial charge in [-0.3, -0.25) is 0 Å². The van der Waals surface area contributed by atoms with Crippen molar-refractivity contribution in [2.45, 2.75) is 0 Å². The van der Waals surface area contributed by atoms with Gasteiger partial charge in [0.15, 0.2) is 6.21 Å². The van der Waals surface area contributed by atoms with Gasteiger partial charge in [-0.1, -0.05) is 0 Å². The van der Waals surface area contributed by atoms with Crippen molar-refractivity contribution in [1.82, 2.24) is 0 Å². The van der Waals surface area contributed by atoms with E-state index < -0.39 is 0 Å². The zero-order valence-electron chi connectivity index (χ0n) is 14.3. The largest absolute Gasteiger partial charge is 0.378 e. The standard InChI is InChI=1S/C17H22N3O2S3/c1-23-16(13-2-3-15(24-13)19-4-8-21-9-5-19)14-12-18-17(25-14)20-6-10-22-11-7-20/h2-3,12H,4-11H2,1H3/q+1. The van der Waals surface area contributed by atoms with E-state index in [1.54, 1.807) is 11.8 Å². The molecule has 4 rings (SSSR count). The van der Waals surface area contributed by atoms with Gasteiger partial charge in [-0.2, -0.15) is 0 Å². The van der Waals surface area contributed by atoms with E-state index >= 15 is 0 Å². The Labute approximate surface area is 160 Å². The molecule has 0 spiro atoms. The van der Waals surface area contributed by atoms with Crippen LogP contribution in [0.3, 0.4) is 0 Å². The van der Waals surface area contributed by atoms with Crippen LogP contribution in [0.2, 0.25) is 0 Å². The second kappa shape index (κ2) is 8.26. The molecule has 0 aromatic carbocycles. The number of hydrogen-bond acceptors (Lipinski definition) is 6. The number of anilines is 1. The SMILES string of the molecule is CS/C(=C1/C=NC(=[N+]2CCOCC2)S1)c1ccc(N2CCOCC2)s1. The lowest BCUT2D eigenvalue weighted by atomic mass is 10.4. The molecule has 1 aromatic rings. The molecule has 134 valence electrons. The van der Waals surface area contributed by atoms with Gasteiger partial charge in [0.1, 0.15) is 13.1 Å². The molecule has 25 heavy (non-hydrogen) atoms. The highest BCUT2D eigenvalue weighted by atomic mass is 32.2. The van der Waals surface area contributed by atoms with Crippen molar-refractivity contribution in [1.29, 1.82) is 0 Å². The normalized spacial score (nSPS) is 23.5. The Bertz CT molecular complexity index is 712. The molecular formula is C17H22N3O2S3+. The van der Waals surface area contributed by atoms with Crippen molar-refractivity contribution in [3.63, 3.8) is 0 Å². The summed E-state index contributed by atoms with van der Waals surface area (Å²) in [4.78, 5) is 11.0. The summed E-state index contributed by atoms with van der Waals surface area (Å²) in [6, 6.07) is 4.49. The minimum absolute atomic E-state index is 0.793. The molecule has 0 saturated carbocycles. The maximum atomic E-state index is 5.46. The van der Waals surface area contributed by atoms with Crippen LogP contribution in [0.15, 0.2) is 22.0 Å². The fourth-order valence-electron chi connectivity index (χ4n) is 3.00. The van der Waals surface area contributed by atoms with Gasteiger partial charge in [0.25, 0.3) is 0 Å². The van der Waals surface area contributed by atoms with Crippen LogP contribution in [-0.4, -0.2) is 74.8 Å². The molecule has 0 amide bonds. The highest BCUT2D eigenvalue weighted by Gasteiger charge is 2.27. The molecule has 2 fully saturated rings. The Hall–Kier alpha value is -0.800. The molecular weight excluding hydrogens is 374 g/mol. The van der Waals surface area contributed by atoms with Crippen molar-refractivity contribution in [3.8, 4) is 0 Å². The summed E-state index contributed by atoms with van der Waals surface area (Å²) in [6.07, 6.45) is 4.17. The van der Waals surface area contributed by atoms with Crippen LogP contribution in [0.25, 0.3) is 4.91 Å². The van der Waals surface area contributed by atoms with Gasteiger partial charge < -0.3 is 14.4 Å². The van der Waals surface area contributed by atoms with Crippen LogP contribution in [0.5, 0.6) is 0 Å². The molecule has 0 radical (unpaired) electrons. The van der Waals surface area contributed by atoms with Gasteiger partial charge in [0, 0.05) is 34.6 Å². The number of morpholine rings is 2. The molecule has 2 saturated heterocycles. The summed E-state index contributed by atoms with van der Waals surface area (Å²) in [5, 5.41) is 2.44. The Morgan fingerprint density at radius 1 is 1.16 bits per heavy atom. The number of nitrogens with zero attached hydrogens (tertiary/aromatic N) is 3. The van der Waals surface area contributed by atoms with E-state index in [4.69, 9.17) is 9.47 Å². The van der Waals surface area contributed by atoms with E-state index in [9.17, 15) is 0 Å². The topological polar surface area (TPSA) is 37.1 Å².